The van der Waals surface area contributed by atoms with Crippen LogP contribution in [-0.2, 0) is 33.3 Å². The molecule has 1 rings (SSSR count). The third kappa shape index (κ3) is 4.55. The van der Waals surface area contributed by atoms with Crippen molar-refractivity contribution in [3.8, 4) is 0 Å². The molecule has 1 fully saturated rings. The molecule has 5 atom stereocenters. The third-order valence-corrected chi connectivity index (χ3v) is 2.90. The van der Waals surface area contributed by atoms with Crippen molar-refractivity contribution in [1.82, 2.24) is 0 Å². The molecule has 0 aromatic heterocycles. The normalized spacial score (nSPS) is 33.1. The van der Waals surface area contributed by atoms with E-state index in [1.54, 1.807) is 0 Å². The molecule has 1 aliphatic heterocycles. The largest absolute Gasteiger partial charge is 0.456 e. The Kier molecular flexibility index (Phi) is 5.91. The second-order valence-corrected chi connectivity index (χ2v) is 4.85. The molecule has 128 valence electrons. The zero-order valence-electron chi connectivity index (χ0n) is 13.0. The summed E-state index contributed by atoms with van der Waals surface area (Å²) in [5.74, 6) is -4.99. The van der Waals surface area contributed by atoms with Crippen LogP contribution >= 0.6 is 0 Å². The Morgan fingerprint density at radius 3 is 2.00 bits per heavy atom. The molecular formula is C12H17N3O8. The van der Waals surface area contributed by atoms with Crippen molar-refractivity contribution in [2.24, 2.45) is 5.11 Å². The van der Waals surface area contributed by atoms with E-state index < -0.39 is 48.2 Å². The van der Waals surface area contributed by atoms with Gasteiger partial charge in [-0.2, -0.15) is 0 Å². The first-order chi connectivity index (χ1) is 10.6. The highest BCUT2D eigenvalue weighted by Gasteiger charge is 2.58. The smallest absolute Gasteiger partial charge is 0.303 e. The fourth-order valence-corrected chi connectivity index (χ4v) is 2.20. The second kappa shape index (κ2) is 7.27. The van der Waals surface area contributed by atoms with Crippen molar-refractivity contribution in [2.75, 3.05) is 0 Å². The summed E-state index contributed by atoms with van der Waals surface area (Å²) in [5.41, 5.74) is 8.59. The van der Waals surface area contributed by atoms with Crippen LogP contribution < -0.4 is 0 Å². The summed E-state index contributed by atoms with van der Waals surface area (Å²) in [7, 11) is 0. The van der Waals surface area contributed by atoms with Crippen LogP contribution in [-0.4, -0.2) is 53.3 Å². The van der Waals surface area contributed by atoms with Gasteiger partial charge in [-0.1, -0.05) is 0 Å². The van der Waals surface area contributed by atoms with E-state index in [9.17, 15) is 19.5 Å². The summed E-state index contributed by atoms with van der Waals surface area (Å²) in [4.78, 5) is 36.3. The number of nitrogens with zero attached hydrogens (tertiary/aromatic N) is 3. The lowest BCUT2D eigenvalue weighted by atomic mass is 9.96. The summed E-state index contributed by atoms with van der Waals surface area (Å²) in [6.07, 6.45) is -5.36. The number of carbonyl (C=O) groups excluding carboxylic acids is 3. The van der Waals surface area contributed by atoms with Crippen molar-refractivity contribution in [3.05, 3.63) is 10.4 Å². The fraction of sp³-hybridized carbons (Fsp3) is 0.750. The monoisotopic (exact) mass is 331 g/mol. The number of ether oxygens (including phenoxy) is 4. The Morgan fingerprint density at radius 1 is 1.09 bits per heavy atom. The van der Waals surface area contributed by atoms with Crippen molar-refractivity contribution in [1.29, 1.82) is 0 Å². The molecule has 0 saturated carbocycles. The minimum absolute atomic E-state index is 0.710. The van der Waals surface area contributed by atoms with E-state index in [4.69, 9.17) is 24.5 Å². The summed E-state index contributed by atoms with van der Waals surface area (Å²) in [6.45, 7) is 4.61. The molecule has 0 aromatic carbocycles. The van der Waals surface area contributed by atoms with Crippen LogP contribution in [0.4, 0.5) is 0 Å². The minimum Gasteiger partial charge on any atom is -0.456 e. The molecule has 0 aliphatic carbocycles. The Hall–Kier alpha value is -2.36. The van der Waals surface area contributed by atoms with E-state index >= 15 is 0 Å². The quantitative estimate of drug-likeness (QED) is 0.251. The van der Waals surface area contributed by atoms with Gasteiger partial charge in [-0.05, 0) is 17.6 Å². The topological polar surface area (TPSA) is 157 Å². The molecule has 0 amide bonds. The van der Waals surface area contributed by atoms with E-state index in [0.717, 1.165) is 20.8 Å². The Bertz CT molecular complexity index is 546. The van der Waals surface area contributed by atoms with Crippen molar-refractivity contribution < 1.29 is 38.4 Å². The predicted molar refractivity (Wildman–Crippen MR) is 71.3 cm³/mol. The molecule has 0 aromatic rings. The van der Waals surface area contributed by atoms with Gasteiger partial charge in [0.2, 0.25) is 6.10 Å². The molecule has 1 heterocycles. The standard InChI is InChI=1S/C12H17N3O8/c1-5-9(20-6(2)16)10(21-7(3)17)11(22-8(4)18)12(19,23-5)14-15-13/h5,9-11,19H,1-4H3/t5-,9-,10+,11+,12-/m0/s1. The van der Waals surface area contributed by atoms with Crippen molar-refractivity contribution in [2.45, 2.75) is 58.0 Å². The summed E-state index contributed by atoms with van der Waals surface area (Å²) in [5, 5.41) is 13.4. The number of aliphatic hydroxyl groups is 1. The average molecular weight is 331 g/mol. The highest BCUT2D eigenvalue weighted by molar-refractivity contribution is 5.68. The van der Waals surface area contributed by atoms with Crippen molar-refractivity contribution >= 4 is 17.9 Å². The van der Waals surface area contributed by atoms with Gasteiger partial charge < -0.3 is 24.1 Å². The number of hydrogen-bond acceptors (Lipinski definition) is 9. The molecule has 1 N–H and O–H groups in total. The fourth-order valence-electron chi connectivity index (χ4n) is 2.20. The first-order valence-electron chi connectivity index (χ1n) is 6.58. The lowest BCUT2D eigenvalue weighted by Crippen LogP contribution is -2.65. The summed E-state index contributed by atoms with van der Waals surface area (Å²) in [6, 6.07) is 0. The van der Waals surface area contributed by atoms with Crippen LogP contribution in [0.15, 0.2) is 5.11 Å². The molecule has 23 heavy (non-hydrogen) atoms. The Morgan fingerprint density at radius 2 is 1.57 bits per heavy atom. The average Bonchev–Trinajstić information content (AvgIpc) is 2.38. The van der Waals surface area contributed by atoms with Gasteiger partial charge in [-0.25, -0.2) is 0 Å². The van der Waals surface area contributed by atoms with Gasteiger partial charge in [0.1, 0.15) is 0 Å². The zero-order chi connectivity index (χ0) is 17.8. The van der Waals surface area contributed by atoms with E-state index in [1.165, 1.54) is 6.92 Å². The lowest BCUT2D eigenvalue weighted by Gasteiger charge is -2.45. The van der Waals surface area contributed by atoms with Gasteiger partial charge >= 0.3 is 17.9 Å². The van der Waals surface area contributed by atoms with Crippen LogP contribution in [0.25, 0.3) is 10.4 Å². The first-order valence-corrected chi connectivity index (χ1v) is 6.58. The zero-order valence-corrected chi connectivity index (χ0v) is 13.0. The van der Waals surface area contributed by atoms with Gasteiger partial charge in [0.25, 0.3) is 5.91 Å². The van der Waals surface area contributed by atoms with Crippen LogP contribution in [0.5, 0.6) is 0 Å². The molecule has 11 heteroatoms. The number of esters is 3. The predicted octanol–water partition coefficient (Wildman–Crippen LogP) is 0.157. The maximum atomic E-state index is 11.3. The Labute approximate surface area is 131 Å². The van der Waals surface area contributed by atoms with Crippen LogP contribution in [0.1, 0.15) is 27.7 Å². The molecule has 0 unspecified atom stereocenters. The third-order valence-electron chi connectivity index (χ3n) is 2.90. The summed E-state index contributed by atoms with van der Waals surface area (Å²) >= 11 is 0. The Balaban J connectivity index is 3.33. The molecule has 11 nitrogen and oxygen atoms in total. The second-order valence-electron chi connectivity index (χ2n) is 4.85. The number of azide groups is 1. The molecule has 1 aliphatic rings. The molecule has 0 spiro atoms. The number of rotatable bonds is 4. The molecule has 1 saturated heterocycles. The summed E-state index contributed by atoms with van der Waals surface area (Å²) < 4.78 is 20.1. The highest BCUT2D eigenvalue weighted by Crippen LogP contribution is 2.35. The van der Waals surface area contributed by atoms with E-state index in [0.29, 0.717) is 0 Å². The molecular weight excluding hydrogens is 314 g/mol. The van der Waals surface area contributed by atoms with Crippen LogP contribution in [0.2, 0.25) is 0 Å². The van der Waals surface area contributed by atoms with Gasteiger partial charge in [0, 0.05) is 25.7 Å². The number of carbonyl (C=O) groups is 3. The maximum absolute atomic E-state index is 11.3. The van der Waals surface area contributed by atoms with E-state index in [1.807, 2.05) is 0 Å². The molecule has 0 radical (unpaired) electrons. The van der Waals surface area contributed by atoms with Crippen LogP contribution in [0.3, 0.4) is 0 Å². The SMILES string of the molecule is CC(=O)O[C@@H]1[C@@H](OC(C)=O)[C@@H](OC(C)=O)[C@@](O)(N=[N+]=[N-])O[C@H]1C. The van der Waals surface area contributed by atoms with Gasteiger partial charge in [0.15, 0.2) is 12.2 Å². The minimum atomic E-state index is -2.63. The number of hydrogen-bond donors (Lipinski definition) is 1. The van der Waals surface area contributed by atoms with Gasteiger partial charge in [0.05, 0.1) is 6.10 Å². The molecule has 0 bridgehead atoms. The van der Waals surface area contributed by atoms with E-state index in [-0.39, 0.29) is 0 Å². The van der Waals surface area contributed by atoms with Crippen molar-refractivity contribution in [3.63, 3.8) is 0 Å². The van der Waals surface area contributed by atoms with Gasteiger partial charge in [-0.3, -0.25) is 14.4 Å². The van der Waals surface area contributed by atoms with E-state index in [2.05, 4.69) is 10.0 Å². The van der Waals surface area contributed by atoms with Crippen LogP contribution in [0, 0.1) is 0 Å². The lowest BCUT2D eigenvalue weighted by molar-refractivity contribution is -0.342. The first kappa shape index (κ1) is 18.7. The maximum Gasteiger partial charge on any atom is 0.303 e. The highest BCUT2D eigenvalue weighted by atomic mass is 16.7. The van der Waals surface area contributed by atoms with Gasteiger partial charge in [-0.15, -0.1) is 0 Å².